The van der Waals surface area contributed by atoms with Crippen LogP contribution in [-0.2, 0) is 4.79 Å². The molecule has 0 atom stereocenters. The molecule has 0 unspecified atom stereocenters. The van der Waals surface area contributed by atoms with Gasteiger partial charge in [0.25, 0.3) is 5.91 Å². The second-order valence-electron chi connectivity index (χ2n) is 4.98. The number of hydrogen-bond donors (Lipinski definition) is 1. The summed E-state index contributed by atoms with van der Waals surface area (Å²) in [6.07, 6.45) is 0. The highest BCUT2D eigenvalue weighted by Crippen LogP contribution is 2.21. The number of ketones is 1. The molecule has 5 heteroatoms. The van der Waals surface area contributed by atoms with Gasteiger partial charge < -0.3 is 5.32 Å². The van der Waals surface area contributed by atoms with Crippen molar-refractivity contribution in [1.29, 1.82) is 0 Å². The minimum Gasteiger partial charge on any atom is -0.345 e. The van der Waals surface area contributed by atoms with Gasteiger partial charge >= 0.3 is 0 Å². The molecule has 1 amide bonds. The molecule has 0 aliphatic rings. The largest absolute Gasteiger partial charge is 0.345 e. The van der Waals surface area contributed by atoms with Crippen LogP contribution in [0, 0.1) is 5.41 Å². The number of hydrogen-bond acceptors (Lipinski definition) is 2. The van der Waals surface area contributed by atoms with Gasteiger partial charge in [0.1, 0.15) is 0 Å². The van der Waals surface area contributed by atoms with E-state index in [2.05, 4.69) is 21.2 Å². The monoisotopic (exact) mass is 331 g/mol. The Morgan fingerprint density at radius 1 is 1.33 bits per heavy atom. The fourth-order valence-electron chi connectivity index (χ4n) is 1.19. The molecule has 18 heavy (non-hydrogen) atoms. The summed E-state index contributed by atoms with van der Waals surface area (Å²) in [5, 5.41) is 3.15. The molecule has 0 spiro atoms. The first-order valence-electron chi connectivity index (χ1n) is 5.48. The first kappa shape index (κ1) is 15.2. The third-order valence-corrected chi connectivity index (χ3v) is 3.31. The first-order chi connectivity index (χ1) is 8.21. The predicted octanol–water partition coefficient (Wildman–Crippen LogP) is 3.45. The van der Waals surface area contributed by atoms with Crippen molar-refractivity contribution < 1.29 is 9.59 Å². The molecule has 0 heterocycles. The summed E-state index contributed by atoms with van der Waals surface area (Å²) < 4.78 is 0.607. The Kier molecular flexibility index (Phi) is 4.93. The van der Waals surface area contributed by atoms with Crippen LogP contribution < -0.4 is 5.32 Å². The second-order valence-corrected chi connectivity index (χ2v) is 6.27. The van der Waals surface area contributed by atoms with E-state index < -0.39 is 5.41 Å². The molecule has 98 valence electrons. The number of Topliss-reactive ketones (excluding diaryl/α,β-unsaturated/α-hetero) is 1. The van der Waals surface area contributed by atoms with Gasteiger partial charge in [-0.25, -0.2) is 0 Å². The molecule has 0 fully saturated rings. The maximum Gasteiger partial charge on any atom is 0.252 e. The van der Waals surface area contributed by atoms with Crippen molar-refractivity contribution >= 4 is 39.2 Å². The summed E-state index contributed by atoms with van der Waals surface area (Å²) in [4.78, 5) is 23.6. The number of carbonyl (C=O) groups is 2. The highest BCUT2D eigenvalue weighted by atomic mass is 79.9. The van der Waals surface area contributed by atoms with E-state index in [0.717, 1.165) is 0 Å². The van der Waals surface area contributed by atoms with Crippen LogP contribution in [0.3, 0.4) is 0 Å². The average molecular weight is 333 g/mol. The molecule has 1 N–H and O–H groups in total. The van der Waals surface area contributed by atoms with Gasteiger partial charge in [0.15, 0.2) is 5.78 Å². The molecular formula is C13H15BrClNO2. The van der Waals surface area contributed by atoms with Crippen LogP contribution in [0.1, 0.15) is 31.1 Å². The Balaban J connectivity index is 2.70. The summed E-state index contributed by atoms with van der Waals surface area (Å²) >= 11 is 9.06. The Labute approximate surface area is 120 Å². The maximum atomic E-state index is 11.9. The Bertz CT molecular complexity index is 480. The smallest absolute Gasteiger partial charge is 0.252 e. The van der Waals surface area contributed by atoms with E-state index >= 15 is 0 Å². The lowest BCUT2D eigenvalue weighted by molar-refractivity contribution is -0.125. The standard InChI is InChI=1S/C13H15BrClNO2/c1-13(2,3)11(17)7-16-12(18)9-5-4-8(15)6-10(9)14/h4-6H,7H2,1-3H3,(H,16,18). The number of nitrogens with one attached hydrogen (secondary N) is 1. The van der Waals surface area contributed by atoms with Crippen molar-refractivity contribution in [1.82, 2.24) is 5.32 Å². The molecule has 0 saturated carbocycles. The zero-order chi connectivity index (χ0) is 13.9. The topological polar surface area (TPSA) is 46.2 Å². The summed E-state index contributed by atoms with van der Waals surface area (Å²) in [6, 6.07) is 4.89. The predicted molar refractivity (Wildman–Crippen MR) is 75.9 cm³/mol. The number of amides is 1. The minimum absolute atomic E-state index is 0.0130. The number of rotatable bonds is 3. The SMILES string of the molecule is CC(C)(C)C(=O)CNC(=O)c1ccc(Cl)cc1Br. The van der Waals surface area contributed by atoms with Crippen molar-refractivity contribution in [2.45, 2.75) is 20.8 Å². The number of carbonyl (C=O) groups excluding carboxylic acids is 2. The number of benzene rings is 1. The van der Waals surface area contributed by atoms with Gasteiger partial charge in [0.2, 0.25) is 0 Å². The van der Waals surface area contributed by atoms with Gasteiger partial charge in [-0.3, -0.25) is 9.59 Å². The van der Waals surface area contributed by atoms with Crippen LogP contribution in [0.4, 0.5) is 0 Å². The molecule has 1 aromatic rings. The van der Waals surface area contributed by atoms with E-state index in [1.54, 1.807) is 18.2 Å². The van der Waals surface area contributed by atoms with Crippen LogP contribution in [0.2, 0.25) is 5.02 Å². The van der Waals surface area contributed by atoms with Crippen molar-refractivity contribution in [3.05, 3.63) is 33.3 Å². The fourth-order valence-corrected chi connectivity index (χ4v) is 2.06. The lowest BCUT2D eigenvalue weighted by Crippen LogP contribution is -2.35. The summed E-state index contributed by atoms with van der Waals surface area (Å²) in [6.45, 7) is 5.48. The van der Waals surface area contributed by atoms with Crippen LogP contribution in [0.25, 0.3) is 0 Å². The van der Waals surface area contributed by atoms with Crippen molar-refractivity contribution in [3.63, 3.8) is 0 Å². The van der Waals surface area contributed by atoms with Crippen molar-refractivity contribution in [3.8, 4) is 0 Å². The summed E-state index contributed by atoms with van der Waals surface area (Å²) in [5.74, 6) is -0.308. The molecule has 0 aliphatic carbocycles. The molecule has 1 rings (SSSR count). The summed E-state index contributed by atoms with van der Waals surface area (Å²) in [7, 11) is 0. The highest BCUT2D eigenvalue weighted by Gasteiger charge is 2.21. The van der Waals surface area contributed by atoms with Gasteiger partial charge in [0.05, 0.1) is 12.1 Å². The van der Waals surface area contributed by atoms with Crippen LogP contribution >= 0.6 is 27.5 Å². The normalized spacial score (nSPS) is 11.2. The fraction of sp³-hybridized carbons (Fsp3) is 0.385. The molecule has 0 saturated heterocycles. The van der Waals surface area contributed by atoms with Gasteiger partial charge in [-0.15, -0.1) is 0 Å². The molecule has 0 bridgehead atoms. The molecule has 0 aromatic heterocycles. The number of halogens is 2. The van der Waals surface area contributed by atoms with Gasteiger partial charge in [-0.2, -0.15) is 0 Å². The zero-order valence-corrected chi connectivity index (χ0v) is 12.9. The first-order valence-corrected chi connectivity index (χ1v) is 6.65. The minimum atomic E-state index is -0.454. The van der Waals surface area contributed by atoms with Gasteiger partial charge in [-0.1, -0.05) is 32.4 Å². The summed E-state index contributed by atoms with van der Waals surface area (Å²) in [5.41, 5.74) is 0.00550. The third-order valence-electron chi connectivity index (χ3n) is 2.42. The van der Waals surface area contributed by atoms with Gasteiger partial charge in [-0.05, 0) is 34.1 Å². The van der Waals surface area contributed by atoms with Crippen molar-refractivity contribution in [2.75, 3.05) is 6.54 Å². The molecule has 1 aromatic carbocycles. The van der Waals surface area contributed by atoms with E-state index in [4.69, 9.17) is 11.6 Å². The third kappa shape index (κ3) is 4.10. The van der Waals surface area contributed by atoms with E-state index in [9.17, 15) is 9.59 Å². The van der Waals surface area contributed by atoms with E-state index in [-0.39, 0.29) is 18.2 Å². The van der Waals surface area contributed by atoms with Crippen LogP contribution in [0.5, 0.6) is 0 Å². The Morgan fingerprint density at radius 2 is 1.94 bits per heavy atom. The quantitative estimate of drug-likeness (QED) is 0.921. The Hall–Kier alpha value is -0.870. The lowest BCUT2D eigenvalue weighted by atomic mass is 9.91. The van der Waals surface area contributed by atoms with E-state index in [1.165, 1.54) is 0 Å². The molecular weight excluding hydrogens is 318 g/mol. The lowest BCUT2D eigenvalue weighted by Gasteiger charge is -2.16. The van der Waals surface area contributed by atoms with Crippen LogP contribution in [-0.4, -0.2) is 18.2 Å². The average Bonchev–Trinajstić information content (AvgIpc) is 2.24. The van der Waals surface area contributed by atoms with Crippen LogP contribution in [0.15, 0.2) is 22.7 Å². The molecule has 0 radical (unpaired) electrons. The van der Waals surface area contributed by atoms with Gasteiger partial charge in [0, 0.05) is 14.9 Å². The molecule has 0 aliphatic heterocycles. The van der Waals surface area contributed by atoms with E-state index in [0.29, 0.717) is 15.1 Å². The zero-order valence-electron chi connectivity index (χ0n) is 10.5. The Morgan fingerprint density at radius 3 is 2.44 bits per heavy atom. The molecule has 3 nitrogen and oxygen atoms in total. The van der Waals surface area contributed by atoms with Crippen molar-refractivity contribution in [2.24, 2.45) is 5.41 Å². The second kappa shape index (κ2) is 5.85. The maximum absolute atomic E-state index is 11.9. The highest BCUT2D eigenvalue weighted by molar-refractivity contribution is 9.10. The van der Waals surface area contributed by atoms with E-state index in [1.807, 2.05) is 20.8 Å².